The van der Waals surface area contributed by atoms with Crippen LogP contribution in [0.5, 0.6) is 5.75 Å². The van der Waals surface area contributed by atoms with Crippen LogP contribution in [0.25, 0.3) is 11.1 Å². The summed E-state index contributed by atoms with van der Waals surface area (Å²) in [6, 6.07) is 11.9. The highest BCUT2D eigenvalue weighted by atomic mass is 19.1. The Kier molecular flexibility index (Phi) is 5.70. The molecule has 0 atom stereocenters. The molecule has 3 aromatic carbocycles. The smallest absolute Gasteiger partial charge is 0.265 e. The Morgan fingerprint density at radius 3 is 2.09 bits per heavy atom. The standard InChI is InChI=1S/C27H30F2N4O/c1-30(2)10-12-32-23-8-6-17(28)14-19(23)21-16-22-20-15-18(29)7-9-24(20)33(13-11-31(3)4)26(22)27(34-5)25(21)32/h6-9,14-16H,10-13H2,1-5H3/q+2. The van der Waals surface area contributed by atoms with Gasteiger partial charge in [0.05, 0.1) is 41.8 Å². The summed E-state index contributed by atoms with van der Waals surface area (Å²) in [7, 11) is 9.83. The molecule has 0 saturated carbocycles. The van der Waals surface area contributed by atoms with Crippen LogP contribution in [0.2, 0.25) is 0 Å². The maximum atomic E-state index is 14.4. The second kappa shape index (κ2) is 8.56. The fourth-order valence-corrected chi connectivity index (χ4v) is 5.00. The number of methoxy groups -OCH3 is 1. The predicted octanol–water partition coefficient (Wildman–Crippen LogP) is 2.32. The van der Waals surface area contributed by atoms with Crippen LogP contribution >= 0.6 is 0 Å². The van der Waals surface area contributed by atoms with Gasteiger partial charge in [-0.2, -0.15) is 9.15 Å². The highest BCUT2D eigenvalue weighted by molar-refractivity contribution is 5.83. The van der Waals surface area contributed by atoms with Gasteiger partial charge in [-0.05, 0) is 58.5 Å². The van der Waals surface area contributed by atoms with Crippen molar-refractivity contribution in [3.63, 3.8) is 0 Å². The molecule has 2 heterocycles. The lowest BCUT2D eigenvalue weighted by molar-refractivity contribution is 0.382. The predicted molar refractivity (Wildman–Crippen MR) is 130 cm³/mol. The lowest BCUT2D eigenvalue weighted by atomic mass is 10.0. The number of rotatable bonds is 7. The van der Waals surface area contributed by atoms with Crippen molar-refractivity contribution >= 4 is 11.4 Å². The molecule has 0 saturated heterocycles. The molecule has 0 aliphatic carbocycles. The first-order valence-electron chi connectivity index (χ1n) is 11.5. The molecule has 2 aliphatic rings. The molecule has 0 aromatic heterocycles. The van der Waals surface area contributed by atoms with E-state index in [1.54, 1.807) is 19.2 Å². The first-order valence-corrected chi connectivity index (χ1v) is 11.5. The van der Waals surface area contributed by atoms with E-state index < -0.39 is 0 Å². The molecular weight excluding hydrogens is 434 g/mol. The molecule has 0 spiro atoms. The third-order valence-electron chi connectivity index (χ3n) is 6.59. The quantitative estimate of drug-likeness (QED) is 0.501. The normalized spacial score (nSPS) is 13.4. The number of ether oxygens (including phenoxy) is 1. The lowest BCUT2D eigenvalue weighted by Gasteiger charge is -2.10. The van der Waals surface area contributed by atoms with Crippen LogP contribution in [0.1, 0.15) is 0 Å². The molecule has 0 unspecified atom stereocenters. The minimum Gasteiger partial charge on any atom is -0.486 e. The molecular formula is C27H30F2N4O+2. The Hall–Kier alpha value is -3.16. The Morgan fingerprint density at radius 2 is 1.41 bits per heavy atom. The van der Waals surface area contributed by atoms with Gasteiger partial charge in [-0.25, -0.2) is 8.78 Å². The zero-order valence-electron chi connectivity index (χ0n) is 20.3. The first kappa shape index (κ1) is 22.6. The second-order valence-electron chi connectivity index (χ2n) is 9.43. The Balaban J connectivity index is 1.90. The summed E-state index contributed by atoms with van der Waals surface area (Å²) in [5.74, 6) is 0.175. The Morgan fingerprint density at radius 1 is 0.765 bits per heavy atom. The van der Waals surface area contributed by atoms with E-state index in [2.05, 4.69) is 25.0 Å². The molecule has 5 nitrogen and oxygen atoms in total. The maximum absolute atomic E-state index is 14.4. The van der Waals surface area contributed by atoms with Crippen molar-refractivity contribution in [2.45, 2.75) is 0 Å². The molecule has 2 aliphatic heterocycles. The third kappa shape index (κ3) is 3.60. The minimum absolute atomic E-state index is 0.280. The van der Waals surface area contributed by atoms with E-state index in [0.29, 0.717) is 0 Å². The van der Waals surface area contributed by atoms with Crippen LogP contribution in [0.4, 0.5) is 20.2 Å². The minimum atomic E-state index is -0.280. The van der Waals surface area contributed by atoms with Crippen molar-refractivity contribution in [3.05, 3.63) is 75.3 Å². The van der Waals surface area contributed by atoms with Crippen molar-refractivity contribution in [1.29, 1.82) is 0 Å². The molecule has 0 bridgehead atoms. The van der Waals surface area contributed by atoms with Gasteiger partial charge in [0.2, 0.25) is 11.0 Å². The molecule has 0 N–H and O–H groups in total. The van der Waals surface area contributed by atoms with Crippen LogP contribution in [0.15, 0.2) is 42.5 Å². The maximum Gasteiger partial charge on any atom is 0.265 e. The van der Waals surface area contributed by atoms with Crippen LogP contribution in [0.3, 0.4) is 0 Å². The van der Waals surface area contributed by atoms with E-state index >= 15 is 0 Å². The topological polar surface area (TPSA) is 21.7 Å². The van der Waals surface area contributed by atoms with E-state index in [1.807, 2.05) is 40.3 Å². The van der Waals surface area contributed by atoms with E-state index in [-0.39, 0.29) is 11.6 Å². The number of fused-ring (bicyclic) bond motifs is 5. The number of nitrogens with zero attached hydrogens (tertiary/aromatic N) is 4. The highest BCUT2D eigenvalue weighted by Gasteiger charge is 2.37. The van der Waals surface area contributed by atoms with Gasteiger partial charge < -0.3 is 14.5 Å². The Labute approximate surface area is 197 Å². The van der Waals surface area contributed by atoms with Crippen LogP contribution in [-0.4, -0.2) is 71.3 Å². The van der Waals surface area contributed by atoms with Gasteiger partial charge in [-0.15, -0.1) is 0 Å². The van der Waals surface area contributed by atoms with E-state index in [1.165, 1.54) is 12.1 Å². The van der Waals surface area contributed by atoms with Gasteiger partial charge in [-0.3, -0.25) is 0 Å². The summed E-state index contributed by atoms with van der Waals surface area (Å²) in [6.45, 7) is 3.11. The van der Waals surface area contributed by atoms with Gasteiger partial charge in [-0.1, -0.05) is 0 Å². The largest absolute Gasteiger partial charge is 0.486 e. The summed E-state index contributed by atoms with van der Waals surface area (Å²) in [6.07, 6.45) is 0. The van der Waals surface area contributed by atoms with Gasteiger partial charge >= 0.3 is 0 Å². The van der Waals surface area contributed by atoms with Gasteiger partial charge in [0.15, 0.2) is 13.1 Å². The van der Waals surface area contributed by atoms with Crippen molar-refractivity contribution in [3.8, 4) is 16.9 Å². The van der Waals surface area contributed by atoms with Gasteiger partial charge in [0.25, 0.3) is 16.8 Å². The average Bonchev–Trinajstić information content (AvgIpc) is 3.26. The summed E-state index contributed by atoms with van der Waals surface area (Å²) >= 11 is 0. The monoisotopic (exact) mass is 464 g/mol. The zero-order chi connectivity index (χ0) is 24.1. The molecule has 3 aromatic rings. The van der Waals surface area contributed by atoms with E-state index in [9.17, 15) is 8.78 Å². The van der Waals surface area contributed by atoms with Gasteiger partial charge in [0.1, 0.15) is 11.6 Å². The van der Waals surface area contributed by atoms with Crippen LogP contribution in [-0.2, 0) is 0 Å². The zero-order valence-corrected chi connectivity index (χ0v) is 20.3. The SMILES string of the molecule is COc1c2c(cc3c1=[N+](CCN(C)C)c1ccc(F)cc1-3)=c1cc(F)ccc1=[N+]2CCN(C)C. The van der Waals surface area contributed by atoms with Crippen molar-refractivity contribution in [2.75, 3.05) is 61.5 Å². The molecule has 5 rings (SSSR count). The lowest BCUT2D eigenvalue weighted by Crippen LogP contribution is -2.34. The molecule has 7 heteroatoms. The van der Waals surface area contributed by atoms with Crippen molar-refractivity contribution in [1.82, 2.24) is 19.0 Å². The Bertz CT molecular complexity index is 1530. The molecule has 34 heavy (non-hydrogen) atoms. The summed E-state index contributed by atoms with van der Waals surface area (Å²) in [4.78, 5) is 4.26. The second-order valence-corrected chi connectivity index (χ2v) is 9.43. The molecule has 0 fully saturated rings. The third-order valence-corrected chi connectivity index (χ3v) is 6.59. The summed E-state index contributed by atoms with van der Waals surface area (Å²) < 4.78 is 39.3. The highest BCUT2D eigenvalue weighted by Crippen LogP contribution is 2.37. The molecule has 0 amide bonds. The van der Waals surface area contributed by atoms with Gasteiger partial charge in [0, 0.05) is 12.1 Å². The number of halogens is 2. The first-order chi connectivity index (χ1) is 16.3. The fraction of sp³-hybridized carbons (Fsp3) is 0.333. The number of benzene rings is 3. The van der Waals surface area contributed by atoms with E-state index in [4.69, 9.17) is 4.74 Å². The van der Waals surface area contributed by atoms with E-state index in [0.717, 1.165) is 75.6 Å². The average molecular weight is 465 g/mol. The van der Waals surface area contributed by atoms with Crippen molar-refractivity contribution < 1.29 is 13.5 Å². The summed E-state index contributed by atoms with van der Waals surface area (Å²) in [5, 5.41) is 3.64. The van der Waals surface area contributed by atoms with Crippen molar-refractivity contribution in [2.24, 2.45) is 0 Å². The number of hydrogen-bond donors (Lipinski definition) is 0. The molecule has 0 radical (unpaired) electrons. The van der Waals surface area contributed by atoms with Crippen LogP contribution < -0.4 is 24.6 Å². The fourth-order valence-electron chi connectivity index (χ4n) is 5.00. The number of hydrogen-bond acceptors (Lipinski definition) is 3. The van der Waals surface area contributed by atoms with Crippen LogP contribution in [0, 0.1) is 22.1 Å². The number of likely N-dealkylation sites (N-methyl/N-ethyl adjacent to an activating group) is 2. The summed E-state index contributed by atoms with van der Waals surface area (Å²) in [5.41, 5.74) is 3.64. The molecule has 176 valence electrons.